The molecule has 3 heterocycles. The third kappa shape index (κ3) is 4.73. The number of hydrogen-bond acceptors (Lipinski definition) is 7. The summed E-state index contributed by atoms with van der Waals surface area (Å²) in [5.74, 6) is 1.41. The highest BCUT2D eigenvalue weighted by atomic mass is 32.2. The van der Waals surface area contributed by atoms with Crippen molar-refractivity contribution in [3.8, 4) is 0 Å². The van der Waals surface area contributed by atoms with Crippen LogP contribution < -0.4 is 10.9 Å². The number of thioether (sulfide) groups is 1. The highest BCUT2D eigenvalue weighted by molar-refractivity contribution is 7.99. The van der Waals surface area contributed by atoms with Crippen molar-refractivity contribution in [2.24, 2.45) is 0 Å². The van der Waals surface area contributed by atoms with Crippen molar-refractivity contribution in [1.29, 1.82) is 0 Å². The van der Waals surface area contributed by atoms with Gasteiger partial charge in [-0.1, -0.05) is 12.8 Å². The highest BCUT2D eigenvalue weighted by Gasteiger charge is 2.20. The van der Waals surface area contributed by atoms with Gasteiger partial charge in [0.05, 0.1) is 22.6 Å². The van der Waals surface area contributed by atoms with Crippen LogP contribution in [0.4, 0.5) is 5.13 Å². The highest BCUT2D eigenvalue weighted by Crippen LogP contribution is 2.33. The standard InChI is InChI=1S/C22H26N4O2S3/c27-18(26-22-23-14-8-3-1-2-4-10-16(14)31-22)12-29-11-17-24-20(28)19-13-7-5-6-9-15(13)30-21(19)25-17/h1-12H2,(H,23,26,27)(H,24,25,28). The van der Waals surface area contributed by atoms with Crippen molar-refractivity contribution >= 4 is 55.7 Å². The maximum atomic E-state index is 12.6. The fraction of sp³-hybridized carbons (Fsp3) is 0.545. The minimum absolute atomic E-state index is 0.0374. The molecule has 5 rings (SSSR count). The fourth-order valence-electron chi connectivity index (χ4n) is 4.43. The fourth-order valence-corrected chi connectivity index (χ4v) is 7.47. The van der Waals surface area contributed by atoms with E-state index in [0.717, 1.165) is 47.5 Å². The zero-order valence-electron chi connectivity index (χ0n) is 17.4. The Labute approximate surface area is 193 Å². The molecule has 0 unspecified atom stereocenters. The Morgan fingerprint density at radius 3 is 2.65 bits per heavy atom. The lowest BCUT2D eigenvalue weighted by Gasteiger charge is -2.09. The molecule has 3 aromatic rings. The molecule has 0 fully saturated rings. The van der Waals surface area contributed by atoms with E-state index in [1.54, 1.807) is 22.7 Å². The second-order valence-electron chi connectivity index (χ2n) is 8.25. The normalized spacial score (nSPS) is 16.4. The maximum Gasteiger partial charge on any atom is 0.259 e. The van der Waals surface area contributed by atoms with Crippen molar-refractivity contribution in [3.05, 3.63) is 37.2 Å². The zero-order valence-corrected chi connectivity index (χ0v) is 19.9. The second-order valence-corrected chi connectivity index (χ2v) is 11.4. The Balaban J connectivity index is 1.19. The number of rotatable bonds is 5. The topological polar surface area (TPSA) is 87.7 Å². The summed E-state index contributed by atoms with van der Waals surface area (Å²) in [6, 6.07) is 0. The number of thiazole rings is 1. The minimum Gasteiger partial charge on any atom is -0.309 e. The zero-order chi connectivity index (χ0) is 21.2. The number of anilines is 1. The number of thiophene rings is 1. The average molecular weight is 475 g/mol. The van der Waals surface area contributed by atoms with Crippen molar-refractivity contribution in [2.75, 3.05) is 11.1 Å². The lowest BCUT2D eigenvalue weighted by molar-refractivity contribution is -0.113. The van der Waals surface area contributed by atoms with E-state index in [4.69, 9.17) is 0 Å². The van der Waals surface area contributed by atoms with Gasteiger partial charge in [0, 0.05) is 9.75 Å². The molecule has 2 aliphatic rings. The van der Waals surface area contributed by atoms with Crippen LogP contribution in [0.2, 0.25) is 0 Å². The first-order valence-electron chi connectivity index (χ1n) is 11.1. The van der Waals surface area contributed by atoms with Gasteiger partial charge in [0.1, 0.15) is 10.7 Å². The molecule has 1 amide bonds. The Morgan fingerprint density at radius 1 is 0.968 bits per heavy atom. The van der Waals surface area contributed by atoms with Crippen LogP contribution in [0.3, 0.4) is 0 Å². The van der Waals surface area contributed by atoms with Gasteiger partial charge in [0.15, 0.2) is 5.13 Å². The molecule has 0 atom stereocenters. The van der Waals surface area contributed by atoms with Gasteiger partial charge in [0.25, 0.3) is 5.56 Å². The van der Waals surface area contributed by atoms with Crippen LogP contribution >= 0.6 is 34.4 Å². The summed E-state index contributed by atoms with van der Waals surface area (Å²) in [4.78, 5) is 40.8. The Kier molecular flexibility index (Phi) is 6.43. The number of aromatic nitrogens is 3. The Bertz CT molecular complexity index is 1140. The van der Waals surface area contributed by atoms with Gasteiger partial charge >= 0.3 is 0 Å². The van der Waals surface area contributed by atoms with E-state index in [1.165, 1.54) is 64.9 Å². The molecule has 164 valence electrons. The smallest absolute Gasteiger partial charge is 0.259 e. The van der Waals surface area contributed by atoms with E-state index in [1.807, 2.05) is 0 Å². The number of hydrogen-bond donors (Lipinski definition) is 2. The summed E-state index contributed by atoms with van der Waals surface area (Å²) in [6.07, 6.45) is 11.4. The van der Waals surface area contributed by atoms with E-state index in [9.17, 15) is 9.59 Å². The van der Waals surface area contributed by atoms with Crippen LogP contribution in [0.5, 0.6) is 0 Å². The quantitative estimate of drug-likeness (QED) is 0.552. The number of carbonyl (C=O) groups excluding carboxylic acids is 1. The number of carbonyl (C=O) groups is 1. The van der Waals surface area contributed by atoms with Crippen LogP contribution in [0.1, 0.15) is 65.4 Å². The molecule has 0 aromatic carbocycles. The van der Waals surface area contributed by atoms with E-state index in [0.29, 0.717) is 17.3 Å². The van der Waals surface area contributed by atoms with E-state index < -0.39 is 0 Å². The maximum absolute atomic E-state index is 12.6. The van der Waals surface area contributed by atoms with E-state index >= 15 is 0 Å². The van der Waals surface area contributed by atoms with Crippen LogP contribution in [0.15, 0.2) is 4.79 Å². The number of aromatic amines is 1. The first kappa shape index (κ1) is 21.2. The lowest BCUT2D eigenvalue weighted by atomic mass is 9.97. The van der Waals surface area contributed by atoms with Crippen LogP contribution in [-0.4, -0.2) is 26.6 Å². The third-order valence-corrected chi connectivity index (χ3v) is 9.14. The molecule has 6 nitrogen and oxygen atoms in total. The van der Waals surface area contributed by atoms with Crippen molar-refractivity contribution in [3.63, 3.8) is 0 Å². The molecule has 2 N–H and O–H groups in total. The van der Waals surface area contributed by atoms with Crippen LogP contribution in [0, 0.1) is 0 Å². The van der Waals surface area contributed by atoms with Gasteiger partial charge in [-0.2, -0.15) is 0 Å². The summed E-state index contributed by atoms with van der Waals surface area (Å²) >= 11 is 4.74. The van der Waals surface area contributed by atoms with Crippen molar-refractivity contribution < 1.29 is 4.79 Å². The summed E-state index contributed by atoms with van der Waals surface area (Å²) in [5.41, 5.74) is 2.34. The van der Waals surface area contributed by atoms with Gasteiger partial charge in [-0.3, -0.25) is 9.59 Å². The predicted molar refractivity (Wildman–Crippen MR) is 130 cm³/mol. The number of nitrogens with one attached hydrogen (secondary N) is 2. The monoisotopic (exact) mass is 474 g/mol. The molecule has 3 aromatic heterocycles. The minimum atomic E-state index is -0.0539. The molecule has 0 saturated carbocycles. The van der Waals surface area contributed by atoms with Gasteiger partial charge < -0.3 is 10.3 Å². The number of H-pyrrole nitrogens is 1. The number of amides is 1. The molecule has 0 bridgehead atoms. The SMILES string of the molecule is O=C(CSCc1nc2sc3c(c2c(=O)[nH]1)CCCC3)Nc1nc2c(s1)CCCCCC2. The van der Waals surface area contributed by atoms with E-state index in [2.05, 4.69) is 20.3 Å². The van der Waals surface area contributed by atoms with Crippen LogP contribution in [-0.2, 0) is 36.2 Å². The van der Waals surface area contributed by atoms with Gasteiger partial charge in [-0.15, -0.1) is 34.4 Å². The first-order valence-corrected chi connectivity index (χ1v) is 13.9. The summed E-state index contributed by atoms with van der Waals surface area (Å²) in [7, 11) is 0. The summed E-state index contributed by atoms with van der Waals surface area (Å²) in [5, 5.41) is 4.46. The Hall–Kier alpha value is -1.71. The van der Waals surface area contributed by atoms with Gasteiger partial charge in [-0.05, 0) is 56.9 Å². The molecule has 0 spiro atoms. The van der Waals surface area contributed by atoms with E-state index in [-0.39, 0.29) is 11.5 Å². The molecule has 31 heavy (non-hydrogen) atoms. The molecule has 2 aliphatic carbocycles. The average Bonchev–Trinajstić information content (AvgIpc) is 3.28. The summed E-state index contributed by atoms with van der Waals surface area (Å²) < 4.78 is 0. The predicted octanol–water partition coefficient (Wildman–Crippen LogP) is 4.85. The Morgan fingerprint density at radius 2 is 1.74 bits per heavy atom. The second kappa shape index (κ2) is 9.42. The number of nitrogens with zero attached hydrogens (tertiary/aromatic N) is 2. The first-order chi connectivity index (χ1) is 15.2. The summed E-state index contributed by atoms with van der Waals surface area (Å²) in [6.45, 7) is 0. The molecular formula is C22H26N4O2S3. The van der Waals surface area contributed by atoms with Crippen LogP contribution in [0.25, 0.3) is 10.2 Å². The molecule has 9 heteroatoms. The van der Waals surface area contributed by atoms with Gasteiger partial charge in [-0.25, -0.2) is 9.97 Å². The number of aryl methyl sites for hydroxylation is 4. The van der Waals surface area contributed by atoms with Gasteiger partial charge in [0.2, 0.25) is 5.91 Å². The largest absolute Gasteiger partial charge is 0.309 e. The molecule has 0 radical (unpaired) electrons. The molecule has 0 aliphatic heterocycles. The van der Waals surface area contributed by atoms with Crippen molar-refractivity contribution in [1.82, 2.24) is 15.0 Å². The lowest BCUT2D eigenvalue weighted by Crippen LogP contribution is -2.15. The molecular weight excluding hydrogens is 448 g/mol. The third-order valence-electron chi connectivity index (χ3n) is 5.94. The molecule has 0 saturated heterocycles. The number of fused-ring (bicyclic) bond motifs is 4. The van der Waals surface area contributed by atoms with Crippen molar-refractivity contribution in [2.45, 2.75) is 70.0 Å².